The summed E-state index contributed by atoms with van der Waals surface area (Å²) in [7, 11) is 0. The maximum atomic E-state index is 9.87. The molecule has 2 atom stereocenters. The van der Waals surface area contributed by atoms with Crippen molar-refractivity contribution in [2.45, 2.75) is 19.1 Å². The Labute approximate surface area is 107 Å². The van der Waals surface area contributed by atoms with Gasteiger partial charge >= 0.3 is 0 Å². The Bertz CT molecular complexity index is 391. The average molecular weight is 252 g/mol. The Morgan fingerprint density at radius 2 is 2.11 bits per heavy atom. The molecule has 0 spiro atoms. The highest BCUT2D eigenvalue weighted by molar-refractivity contribution is 5.45. The van der Waals surface area contributed by atoms with Crippen molar-refractivity contribution in [3.05, 3.63) is 23.8 Å². The number of phenolic OH excluding ortho intramolecular Hbond substituents is 2. The monoisotopic (exact) mass is 252 g/mol. The highest BCUT2D eigenvalue weighted by atomic mass is 16.5. The summed E-state index contributed by atoms with van der Waals surface area (Å²) in [5, 5.41) is 19.7. The first-order valence-electron chi connectivity index (χ1n) is 6.20. The SMILES string of the molecule is CC(c1c(O)cccc1O)N1CCOC(CN)C1. The van der Waals surface area contributed by atoms with Gasteiger partial charge in [0.15, 0.2) is 0 Å². The highest BCUT2D eigenvalue weighted by Gasteiger charge is 2.27. The van der Waals surface area contributed by atoms with E-state index >= 15 is 0 Å². The molecule has 2 rings (SSSR count). The van der Waals surface area contributed by atoms with E-state index in [1.807, 2.05) is 6.92 Å². The van der Waals surface area contributed by atoms with E-state index in [-0.39, 0.29) is 23.6 Å². The first kappa shape index (κ1) is 13.1. The molecule has 1 aliphatic heterocycles. The molecule has 1 saturated heterocycles. The summed E-state index contributed by atoms with van der Waals surface area (Å²) < 4.78 is 5.51. The highest BCUT2D eigenvalue weighted by Crippen LogP contribution is 2.35. The summed E-state index contributed by atoms with van der Waals surface area (Å²) >= 11 is 0. The first-order valence-corrected chi connectivity index (χ1v) is 6.20. The maximum Gasteiger partial charge on any atom is 0.124 e. The van der Waals surface area contributed by atoms with Crippen LogP contribution in [0.1, 0.15) is 18.5 Å². The van der Waals surface area contributed by atoms with Crippen LogP contribution < -0.4 is 5.73 Å². The minimum atomic E-state index is -0.0656. The normalized spacial score (nSPS) is 22.9. The molecule has 0 bridgehead atoms. The van der Waals surface area contributed by atoms with Crippen molar-refractivity contribution in [2.75, 3.05) is 26.2 Å². The molecule has 1 aromatic carbocycles. The Balaban J connectivity index is 2.17. The van der Waals surface area contributed by atoms with E-state index in [0.29, 0.717) is 25.3 Å². The third-order valence-corrected chi connectivity index (χ3v) is 3.46. The Morgan fingerprint density at radius 3 is 2.72 bits per heavy atom. The minimum absolute atomic E-state index is 0.0224. The third-order valence-electron chi connectivity index (χ3n) is 3.46. The Hall–Kier alpha value is -1.30. The number of nitrogens with zero attached hydrogens (tertiary/aromatic N) is 1. The lowest BCUT2D eigenvalue weighted by atomic mass is 10.0. The van der Waals surface area contributed by atoms with Crippen LogP contribution in [0.5, 0.6) is 11.5 Å². The molecule has 0 aliphatic carbocycles. The van der Waals surface area contributed by atoms with Gasteiger partial charge in [0.25, 0.3) is 0 Å². The number of benzene rings is 1. The smallest absolute Gasteiger partial charge is 0.124 e. The molecule has 100 valence electrons. The van der Waals surface area contributed by atoms with E-state index in [9.17, 15) is 10.2 Å². The van der Waals surface area contributed by atoms with Crippen LogP contribution in [0.15, 0.2) is 18.2 Å². The first-order chi connectivity index (χ1) is 8.63. The van der Waals surface area contributed by atoms with Crippen LogP contribution in [0.3, 0.4) is 0 Å². The van der Waals surface area contributed by atoms with Crippen LogP contribution in [0.25, 0.3) is 0 Å². The fourth-order valence-corrected chi connectivity index (χ4v) is 2.39. The van der Waals surface area contributed by atoms with Crippen molar-refractivity contribution < 1.29 is 14.9 Å². The van der Waals surface area contributed by atoms with Crippen LogP contribution in [-0.2, 0) is 4.74 Å². The molecular formula is C13H20N2O3. The zero-order valence-electron chi connectivity index (χ0n) is 10.5. The van der Waals surface area contributed by atoms with Crippen LogP contribution in [0.4, 0.5) is 0 Å². The summed E-state index contributed by atoms with van der Waals surface area (Å²) in [5.41, 5.74) is 6.18. The van der Waals surface area contributed by atoms with Crippen molar-refractivity contribution in [1.82, 2.24) is 4.90 Å². The maximum absolute atomic E-state index is 9.87. The van der Waals surface area contributed by atoms with E-state index in [2.05, 4.69) is 4.90 Å². The van der Waals surface area contributed by atoms with Gasteiger partial charge in [-0.15, -0.1) is 0 Å². The van der Waals surface area contributed by atoms with Crippen LogP contribution in [0, 0.1) is 0 Å². The molecule has 1 fully saturated rings. The molecule has 2 unspecified atom stereocenters. The van der Waals surface area contributed by atoms with E-state index in [0.717, 1.165) is 6.54 Å². The van der Waals surface area contributed by atoms with Gasteiger partial charge in [-0.3, -0.25) is 4.90 Å². The predicted octanol–water partition coefficient (Wildman–Crippen LogP) is 0.818. The number of hydrogen-bond donors (Lipinski definition) is 3. The minimum Gasteiger partial charge on any atom is -0.507 e. The lowest BCUT2D eigenvalue weighted by molar-refractivity contribution is -0.0369. The molecular weight excluding hydrogens is 232 g/mol. The third kappa shape index (κ3) is 2.58. The number of hydrogen-bond acceptors (Lipinski definition) is 5. The number of aromatic hydroxyl groups is 2. The van der Waals surface area contributed by atoms with Crippen LogP contribution in [-0.4, -0.2) is 47.5 Å². The van der Waals surface area contributed by atoms with Crippen LogP contribution in [0.2, 0.25) is 0 Å². The summed E-state index contributed by atoms with van der Waals surface area (Å²) in [6, 6.07) is 4.74. The number of nitrogens with two attached hydrogens (primary N) is 1. The van der Waals surface area contributed by atoms with Gasteiger partial charge in [0.2, 0.25) is 0 Å². The molecule has 1 aromatic rings. The molecule has 0 radical (unpaired) electrons. The molecule has 0 saturated carbocycles. The van der Waals surface area contributed by atoms with Crippen molar-refractivity contribution in [3.63, 3.8) is 0 Å². The molecule has 0 aromatic heterocycles. The Morgan fingerprint density at radius 1 is 1.44 bits per heavy atom. The number of morpholine rings is 1. The summed E-state index contributed by atoms with van der Waals surface area (Å²) in [6.45, 7) is 4.56. The van der Waals surface area contributed by atoms with Gasteiger partial charge in [0, 0.05) is 25.7 Å². The average Bonchev–Trinajstić information content (AvgIpc) is 2.38. The fourth-order valence-electron chi connectivity index (χ4n) is 2.39. The number of rotatable bonds is 3. The number of phenols is 2. The zero-order chi connectivity index (χ0) is 13.1. The van der Waals surface area contributed by atoms with Crippen molar-refractivity contribution in [2.24, 2.45) is 5.73 Å². The lowest BCUT2D eigenvalue weighted by Crippen LogP contribution is -2.46. The second-order valence-electron chi connectivity index (χ2n) is 4.61. The Kier molecular flexibility index (Phi) is 4.06. The summed E-state index contributed by atoms with van der Waals surface area (Å²) in [4.78, 5) is 2.16. The lowest BCUT2D eigenvalue weighted by Gasteiger charge is -2.36. The molecule has 1 aliphatic rings. The molecule has 18 heavy (non-hydrogen) atoms. The quantitative estimate of drug-likeness (QED) is 0.742. The zero-order valence-corrected chi connectivity index (χ0v) is 10.5. The van der Waals surface area contributed by atoms with Gasteiger partial charge in [-0.1, -0.05) is 6.07 Å². The van der Waals surface area contributed by atoms with Crippen molar-refractivity contribution >= 4 is 0 Å². The summed E-state index contributed by atoms with van der Waals surface area (Å²) in [5.74, 6) is 0.247. The fraction of sp³-hybridized carbons (Fsp3) is 0.538. The molecule has 1 heterocycles. The topological polar surface area (TPSA) is 79.0 Å². The van der Waals surface area contributed by atoms with Gasteiger partial charge in [0.1, 0.15) is 11.5 Å². The van der Waals surface area contributed by atoms with E-state index in [1.165, 1.54) is 0 Å². The van der Waals surface area contributed by atoms with Gasteiger partial charge in [-0.05, 0) is 19.1 Å². The molecule has 0 amide bonds. The van der Waals surface area contributed by atoms with Gasteiger partial charge in [-0.2, -0.15) is 0 Å². The van der Waals surface area contributed by atoms with E-state index in [4.69, 9.17) is 10.5 Å². The second-order valence-corrected chi connectivity index (χ2v) is 4.61. The van der Waals surface area contributed by atoms with E-state index < -0.39 is 0 Å². The molecule has 5 heteroatoms. The van der Waals surface area contributed by atoms with Crippen LogP contribution >= 0.6 is 0 Å². The van der Waals surface area contributed by atoms with Gasteiger partial charge in [0.05, 0.1) is 18.3 Å². The standard InChI is InChI=1S/C13H20N2O3/c1-9(13-11(16)3-2-4-12(13)17)15-5-6-18-10(7-14)8-15/h2-4,9-10,16-17H,5-8,14H2,1H3. The van der Waals surface area contributed by atoms with Crippen molar-refractivity contribution in [1.29, 1.82) is 0 Å². The summed E-state index contributed by atoms with van der Waals surface area (Å²) in [6.07, 6.45) is 0.0224. The van der Waals surface area contributed by atoms with Gasteiger partial charge in [-0.25, -0.2) is 0 Å². The molecule has 4 N–H and O–H groups in total. The van der Waals surface area contributed by atoms with E-state index in [1.54, 1.807) is 18.2 Å². The largest absolute Gasteiger partial charge is 0.507 e. The second kappa shape index (κ2) is 5.56. The molecule has 5 nitrogen and oxygen atoms in total. The van der Waals surface area contributed by atoms with Gasteiger partial charge < -0.3 is 20.7 Å². The predicted molar refractivity (Wildman–Crippen MR) is 68.6 cm³/mol. The van der Waals surface area contributed by atoms with Crippen molar-refractivity contribution in [3.8, 4) is 11.5 Å². The number of ether oxygens (including phenoxy) is 1.